The van der Waals surface area contributed by atoms with Crippen LogP contribution in [0.4, 0.5) is 0 Å². The highest BCUT2D eigenvalue weighted by molar-refractivity contribution is 7.89. The Morgan fingerprint density at radius 2 is 1.83 bits per heavy atom. The maximum absolute atomic E-state index is 12.0. The number of benzene rings is 1. The Kier molecular flexibility index (Phi) is 5.28. The highest BCUT2D eigenvalue weighted by Gasteiger charge is 2.26. The summed E-state index contributed by atoms with van der Waals surface area (Å²) in [5.41, 5.74) is -0.684. The maximum atomic E-state index is 12.0. The number of hydrogen-bond acceptors (Lipinski definition) is 4. The van der Waals surface area contributed by atoms with E-state index in [9.17, 15) is 8.42 Å². The highest BCUT2D eigenvalue weighted by Crippen LogP contribution is 2.11. The smallest absolute Gasteiger partial charge is 0.240 e. The maximum Gasteiger partial charge on any atom is 0.240 e. The third-order valence-electron chi connectivity index (χ3n) is 2.63. The van der Waals surface area contributed by atoms with Crippen molar-refractivity contribution in [2.45, 2.75) is 17.4 Å². The Bertz CT molecular complexity index is 460. The average molecular weight is 273 g/mol. The van der Waals surface area contributed by atoms with E-state index in [1.807, 2.05) is 0 Å². The van der Waals surface area contributed by atoms with E-state index in [2.05, 4.69) is 4.72 Å². The summed E-state index contributed by atoms with van der Waals surface area (Å²) in [6.07, 6.45) is 0. The molecule has 0 aliphatic rings. The van der Waals surface area contributed by atoms with Gasteiger partial charge in [0.15, 0.2) is 0 Å². The van der Waals surface area contributed by atoms with Crippen molar-refractivity contribution in [3.63, 3.8) is 0 Å². The lowest BCUT2D eigenvalue weighted by molar-refractivity contribution is -0.0460. The zero-order valence-electron chi connectivity index (χ0n) is 10.8. The van der Waals surface area contributed by atoms with E-state index in [0.717, 1.165) is 0 Å². The summed E-state index contributed by atoms with van der Waals surface area (Å²) in [6, 6.07) is 8.22. The lowest BCUT2D eigenvalue weighted by Crippen LogP contribution is -2.45. The van der Waals surface area contributed by atoms with Gasteiger partial charge in [0.25, 0.3) is 0 Å². The molecule has 0 amide bonds. The molecular formula is C12H19NO4S. The van der Waals surface area contributed by atoms with E-state index in [1.165, 1.54) is 7.11 Å². The molecule has 6 heteroatoms. The van der Waals surface area contributed by atoms with E-state index < -0.39 is 15.6 Å². The largest absolute Gasteiger partial charge is 0.382 e. The number of hydrogen-bond donors (Lipinski definition) is 1. The van der Waals surface area contributed by atoms with Crippen molar-refractivity contribution in [3.8, 4) is 0 Å². The van der Waals surface area contributed by atoms with Gasteiger partial charge in [0.1, 0.15) is 5.60 Å². The van der Waals surface area contributed by atoms with Crippen LogP contribution in [0.5, 0.6) is 0 Å². The molecule has 0 aliphatic heterocycles. The van der Waals surface area contributed by atoms with Gasteiger partial charge < -0.3 is 9.47 Å². The summed E-state index contributed by atoms with van der Waals surface area (Å²) >= 11 is 0. The summed E-state index contributed by atoms with van der Waals surface area (Å²) in [6.45, 7) is 2.24. The molecule has 0 heterocycles. The Morgan fingerprint density at radius 3 is 2.33 bits per heavy atom. The van der Waals surface area contributed by atoms with Gasteiger partial charge in [-0.05, 0) is 19.1 Å². The van der Waals surface area contributed by atoms with Crippen LogP contribution in [0.3, 0.4) is 0 Å². The zero-order valence-corrected chi connectivity index (χ0v) is 11.7. The van der Waals surface area contributed by atoms with Gasteiger partial charge in [-0.2, -0.15) is 0 Å². The molecule has 0 saturated heterocycles. The Morgan fingerprint density at radius 1 is 1.22 bits per heavy atom. The van der Waals surface area contributed by atoms with Gasteiger partial charge in [0.05, 0.1) is 11.5 Å². The summed E-state index contributed by atoms with van der Waals surface area (Å²) in [4.78, 5) is 0.237. The van der Waals surface area contributed by atoms with Crippen molar-refractivity contribution in [2.24, 2.45) is 0 Å². The summed E-state index contributed by atoms with van der Waals surface area (Å²) in [7, 11) is -0.439. The van der Waals surface area contributed by atoms with Crippen LogP contribution >= 0.6 is 0 Å². The molecule has 0 spiro atoms. The fraction of sp³-hybridized carbons (Fsp3) is 0.500. The molecule has 1 atom stereocenters. The van der Waals surface area contributed by atoms with Crippen molar-refractivity contribution < 1.29 is 17.9 Å². The molecule has 102 valence electrons. The van der Waals surface area contributed by atoms with E-state index in [0.29, 0.717) is 6.61 Å². The van der Waals surface area contributed by atoms with Crippen LogP contribution in [0.2, 0.25) is 0 Å². The Hall–Kier alpha value is -0.950. The van der Waals surface area contributed by atoms with Crippen molar-refractivity contribution >= 4 is 10.0 Å². The second-order valence-electron chi connectivity index (χ2n) is 4.22. The third kappa shape index (κ3) is 4.06. The number of ether oxygens (including phenoxy) is 2. The van der Waals surface area contributed by atoms with Gasteiger partial charge in [-0.15, -0.1) is 0 Å². The first-order valence-electron chi connectivity index (χ1n) is 5.52. The van der Waals surface area contributed by atoms with Crippen LogP contribution in [0.15, 0.2) is 35.2 Å². The molecule has 0 aromatic heterocycles. The van der Waals surface area contributed by atoms with Gasteiger partial charge >= 0.3 is 0 Å². The lowest BCUT2D eigenvalue weighted by Gasteiger charge is -2.27. The molecule has 0 bridgehead atoms. The first kappa shape index (κ1) is 15.1. The van der Waals surface area contributed by atoms with Crippen molar-refractivity contribution in [3.05, 3.63) is 30.3 Å². The molecule has 18 heavy (non-hydrogen) atoms. The van der Waals surface area contributed by atoms with Crippen molar-refractivity contribution in [1.29, 1.82) is 0 Å². The van der Waals surface area contributed by atoms with E-state index in [1.54, 1.807) is 44.4 Å². The average Bonchev–Trinajstić information content (AvgIpc) is 2.38. The molecule has 1 N–H and O–H groups in total. The van der Waals surface area contributed by atoms with Crippen LogP contribution in [-0.4, -0.2) is 41.4 Å². The van der Waals surface area contributed by atoms with Crippen molar-refractivity contribution in [2.75, 3.05) is 27.4 Å². The molecular weight excluding hydrogens is 254 g/mol. The van der Waals surface area contributed by atoms with Gasteiger partial charge in [0, 0.05) is 20.8 Å². The monoisotopic (exact) mass is 273 g/mol. The predicted octanol–water partition coefficient (Wildman–Crippen LogP) is 1.02. The minimum absolute atomic E-state index is 0.147. The molecule has 1 rings (SSSR count). The standard InChI is InChI=1S/C12H19NO4S/c1-12(17-3,10-16-2)9-13-18(14,15)11-7-5-4-6-8-11/h4-8,13H,9-10H2,1-3H3. The van der Waals surface area contributed by atoms with Crippen LogP contribution in [0, 0.1) is 0 Å². The first-order chi connectivity index (χ1) is 8.43. The first-order valence-corrected chi connectivity index (χ1v) is 7.01. The molecule has 5 nitrogen and oxygen atoms in total. The topological polar surface area (TPSA) is 64.6 Å². The Balaban J connectivity index is 2.73. The lowest BCUT2D eigenvalue weighted by atomic mass is 10.1. The summed E-state index contributed by atoms with van der Waals surface area (Å²) in [5, 5.41) is 0. The second-order valence-corrected chi connectivity index (χ2v) is 5.99. The SMILES string of the molecule is COCC(C)(CNS(=O)(=O)c1ccccc1)OC. The van der Waals surface area contributed by atoms with Crippen LogP contribution in [-0.2, 0) is 19.5 Å². The normalized spacial score (nSPS) is 15.3. The summed E-state index contributed by atoms with van der Waals surface area (Å²) in [5.74, 6) is 0. The van der Waals surface area contributed by atoms with Crippen LogP contribution < -0.4 is 4.72 Å². The van der Waals surface area contributed by atoms with E-state index in [4.69, 9.17) is 9.47 Å². The van der Waals surface area contributed by atoms with Gasteiger partial charge in [-0.25, -0.2) is 13.1 Å². The minimum atomic E-state index is -3.51. The van der Waals surface area contributed by atoms with Crippen LogP contribution in [0.25, 0.3) is 0 Å². The van der Waals surface area contributed by atoms with E-state index in [-0.39, 0.29) is 11.4 Å². The molecule has 1 unspecified atom stereocenters. The highest BCUT2D eigenvalue weighted by atomic mass is 32.2. The molecule has 1 aromatic carbocycles. The minimum Gasteiger partial charge on any atom is -0.382 e. The third-order valence-corrected chi connectivity index (χ3v) is 4.05. The number of rotatable bonds is 7. The van der Waals surface area contributed by atoms with Gasteiger partial charge in [-0.1, -0.05) is 18.2 Å². The predicted molar refractivity (Wildman–Crippen MR) is 68.9 cm³/mol. The Labute approximate surface area is 108 Å². The van der Waals surface area contributed by atoms with E-state index >= 15 is 0 Å². The van der Waals surface area contributed by atoms with Gasteiger partial charge in [-0.3, -0.25) is 0 Å². The number of methoxy groups -OCH3 is 2. The van der Waals surface area contributed by atoms with Gasteiger partial charge in [0.2, 0.25) is 10.0 Å². The fourth-order valence-electron chi connectivity index (χ4n) is 1.42. The quantitative estimate of drug-likeness (QED) is 0.805. The van der Waals surface area contributed by atoms with Crippen molar-refractivity contribution in [1.82, 2.24) is 4.72 Å². The zero-order chi connectivity index (χ0) is 13.6. The molecule has 0 saturated carbocycles. The second kappa shape index (κ2) is 6.29. The summed E-state index contributed by atoms with van der Waals surface area (Å²) < 4.78 is 36.8. The number of sulfonamides is 1. The molecule has 0 fully saturated rings. The van der Waals surface area contributed by atoms with Crippen LogP contribution in [0.1, 0.15) is 6.92 Å². The number of nitrogens with one attached hydrogen (secondary N) is 1. The molecule has 0 radical (unpaired) electrons. The molecule has 0 aliphatic carbocycles. The molecule has 1 aromatic rings. The fourth-order valence-corrected chi connectivity index (χ4v) is 2.60.